The molecule has 0 bridgehead atoms. The van der Waals surface area contributed by atoms with Crippen LogP contribution in [0, 0.1) is 29.6 Å². The van der Waals surface area contributed by atoms with Crippen molar-refractivity contribution in [2.75, 3.05) is 0 Å². The lowest BCUT2D eigenvalue weighted by Gasteiger charge is -2.46. The molecule has 1 aliphatic heterocycles. The van der Waals surface area contributed by atoms with Crippen molar-refractivity contribution in [3.63, 3.8) is 0 Å². The zero-order valence-corrected chi connectivity index (χ0v) is 12.6. The number of hydrogen-bond donors (Lipinski definition) is 1. The Balaban J connectivity index is 1.78. The molecule has 116 valence electrons. The molecule has 1 saturated heterocycles. The minimum atomic E-state index is -0.147. The summed E-state index contributed by atoms with van der Waals surface area (Å²) in [4.78, 5) is 34.9. The van der Waals surface area contributed by atoms with Crippen molar-refractivity contribution in [3.05, 3.63) is 0 Å². The van der Waals surface area contributed by atoms with Crippen LogP contribution in [0.2, 0.25) is 0 Å². The SMILES string of the molecule is CC(=O)N[C@@H]1CC[C@@H]2[C@@H](C1)C[C@H]1C(=O)O[C@H](C)[C@H]1[C@H]2C=O. The Morgan fingerprint density at radius 1 is 1.33 bits per heavy atom. The summed E-state index contributed by atoms with van der Waals surface area (Å²) >= 11 is 0. The van der Waals surface area contributed by atoms with Crippen LogP contribution in [0.15, 0.2) is 0 Å². The molecule has 21 heavy (non-hydrogen) atoms. The maximum atomic E-state index is 12.0. The van der Waals surface area contributed by atoms with Gasteiger partial charge < -0.3 is 14.8 Å². The predicted octanol–water partition coefficient (Wildman–Crippen LogP) is 1.30. The van der Waals surface area contributed by atoms with Gasteiger partial charge in [-0.05, 0) is 44.4 Å². The Kier molecular flexibility index (Phi) is 3.76. The van der Waals surface area contributed by atoms with Gasteiger partial charge in [0.15, 0.2) is 0 Å². The number of rotatable bonds is 2. The van der Waals surface area contributed by atoms with E-state index < -0.39 is 0 Å². The largest absolute Gasteiger partial charge is 0.462 e. The van der Waals surface area contributed by atoms with Crippen LogP contribution in [0.5, 0.6) is 0 Å². The number of esters is 1. The third-order valence-corrected chi connectivity index (χ3v) is 5.71. The number of carbonyl (C=O) groups excluding carboxylic acids is 3. The van der Waals surface area contributed by atoms with Crippen molar-refractivity contribution in [2.45, 2.75) is 51.7 Å². The second kappa shape index (κ2) is 5.43. The number of carbonyl (C=O) groups is 3. The summed E-state index contributed by atoms with van der Waals surface area (Å²) in [5, 5.41) is 2.98. The zero-order valence-electron chi connectivity index (χ0n) is 12.6. The zero-order chi connectivity index (χ0) is 15.1. The van der Waals surface area contributed by atoms with Gasteiger partial charge in [0.25, 0.3) is 0 Å². The lowest BCUT2D eigenvalue weighted by Crippen LogP contribution is -2.49. The molecule has 1 heterocycles. The Labute approximate surface area is 124 Å². The molecular weight excluding hydrogens is 270 g/mol. The third kappa shape index (κ3) is 2.47. The fourth-order valence-corrected chi connectivity index (χ4v) is 4.95. The van der Waals surface area contributed by atoms with Crippen LogP contribution in [0.1, 0.15) is 39.5 Å². The Morgan fingerprint density at radius 3 is 2.76 bits per heavy atom. The number of hydrogen-bond acceptors (Lipinski definition) is 4. The third-order valence-electron chi connectivity index (χ3n) is 5.71. The standard InChI is InChI=1S/C16H23NO4/c1-8-15-13(16(20)21-8)6-10-5-11(17-9(2)19)3-4-12(10)14(15)7-18/h7-8,10-15H,3-6H2,1-2H3,(H,17,19)/t8-,10+,11-,12-,13-,14+,15-/m1/s1. The van der Waals surface area contributed by atoms with E-state index >= 15 is 0 Å². The summed E-state index contributed by atoms with van der Waals surface area (Å²) in [5.74, 6) is 0.373. The summed E-state index contributed by atoms with van der Waals surface area (Å²) in [7, 11) is 0. The maximum absolute atomic E-state index is 12.0. The lowest BCUT2D eigenvalue weighted by atomic mass is 9.57. The highest BCUT2D eigenvalue weighted by molar-refractivity contribution is 5.77. The number of fused-ring (bicyclic) bond motifs is 2. The Morgan fingerprint density at radius 2 is 2.10 bits per heavy atom. The Bertz CT molecular complexity index is 463. The molecular formula is C16H23NO4. The average Bonchev–Trinajstić information content (AvgIpc) is 2.70. The highest BCUT2D eigenvalue weighted by atomic mass is 16.6. The first-order chi connectivity index (χ1) is 10.0. The molecule has 1 amide bonds. The van der Waals surface area contributed by atoms with E-state index in [1.54, 1.807) is 0 Å². The van der Waals surface area contributed by atoms with Crippen molar-refractivity contribution in [2.24, 2.45) is 29.6 Å². The van der Waals surface area contributed by atoms with Crippen molar-refractivity contribution in [3.8, 4) is 0 Å². The summed E-state index contributed by atoms with van der Waals surface area (Å²) in [6.07, 6.45) is 4.45. The molecule has 0 spiro atoms. The fourth-order valence-electron chi connectivity index (χ4n) is 4.95. The molecule has 3 fully saturated rings. The first-order valence-electron chi connectivity index (χ1n) is 7.94. The van der Waals surface area contributed by atoms with Gasteiger partial charge in [-0.1, -0.05) is 0 Å². The quantitative estimate of drug-likeness (QED) is 0.615. The van der Waals surface area contributed by atoms with Crippen LogP contribution in [0.3, 0.4) is 0 Å². The van der Waals surface area contributed by atoms with Gasteiger partial charge in [-0.15, -0.1) is 0 Å². The van der Waals surface area contributed by atoms with Crippen LogP contribution >= 0.6 is 0 Å². The van der Waals surface area contributed by atoms with Gasteiger partial charge in [0.05, 0.1) is 5.92 Å². The van der Waals surface area contributed by atoms with Gasteiger partial charge in [-0.2, -0.15) is 0 Å². The van der Waals surface area contributed by atoms with E-state index in [4.69, 9.17) is 4.74 Å². The highest BCUT2D eigenvalue weighted by Gasteiger charge is 2.55. The summed E-state index contributed by atoms with van der Waals surface area (Å²) in [6, 6.07) is 0.183. The number of ether oxygens (including phenoxy) is 1. The highest BCUT2D eigenvalue weighted by Crippen LogP contribution is 2.52. The molecule has 5 nitrogen and oxygen atoms in total. The van der Waals surface area contributed by atoms with Gasteiger partial charge in [0.2, 0.25) is 5.91 Å². The molecule has 0 unspecified atom stereocenters. The average molecular weight is 293 g/mol. The molecule has 0 aromatic carbocycles. The lowest BCUT2D eigenvalue weighted by molar-refractivity contribution is -0.144. The van der Waals surface area contributed by atoms with Crippen LogP contribution in [-0.4, -0.2) is 30.3 Å². The van der Waals surface area contributed by atoms with Crippen molar-refractivity contribution < 1.29 is 19.1 Å². The molecule has 3 rings (SSSR count). The smallest absolute Gasteiger partial charge is 0.309 e. The van der Waals surface area contributed by atoms with E-state index in [0.717, 1.165) is 32.0 Å². The molecule has 2 saturated carbocycles. The van der Waals surface area contributed by atoms with E-state index in [1.165, 1.54) is 6.92 Å². The first-order valence-corrected chi connectivity index (χ1v) is 7.94. The summed E-state index contributed by atoms with van der Waals surface area (Å²) in [6.45, 7) is 3.44. The van der Waals surface area contributed by atoms with E-state index in [2.05, 4.69) is 5.32 Å². The molecule has 0 aromatic rings. The van der Waals surface area contributed by atoms with Crippen LogP contribution in [0.25, 0.3) is 0 Å². The molecule has 0 radical (unpaired) electrons. The number of cyclic esters (lactones) is 1. The molecule has 1 N–H and O–H groups in total. The minimum Gasteiger partial charge on any atom is -0.462 e. The first kappa shape index (κ1) is 14.5. The van der Waals surface area contributed by atoms with Gasteiger partial charge in [0.1, 0.15) is 12.4 Å². The number of amides is 1. The Hall–Kier alpha value is -1.39. The topological polar surface area (TPSA) is 72.5 Å². The molecule has 7 atom stereocenters. The predicted molar refractivity (Wildman–Crippen MR) is 75.1 cm³/mol. The van der Waals surface area contributed by atoms with E-state index in [9.17, 15) is 14.4 Å². The van der Waals surface area contributed by atoms with Gasteiger partial charge in [-0.3, -0.25) is 9.59 Å². The van der Waals surface area contributed by atoms with Crippen LogP contribution in [-0.2, 0) is 19.1 Å². The van der Waals surface area contributed by atoms with E-state index in [1.807, 2.05) is 6.92 Å². The van der Waals surface area contributed by atoms with Crippen molar-refractivity contribution in [1.29, 1.82) is 0 Å². The molecule has 5 heteroatoms. The number of nitrogens with one attached hydrogen (secondary N) is 1. The summed E-state index contributed by atoms with van der Waals surface area (Å²) in [5.41, 5.74) is 0. The molecule has 2 aliphatic carbocycles. The van der Waals surface area contributed by atoms with Crippen molar-refractivity contribution >= 4 is 18.2 Å². The van der Waals surface area contributed by atoms with Crippen molar-refractivity contribution in [1.82, 2.24) is 5.32 Å². The van der Waals surface area contributed by atoms with Gasteiger partial charge in [0, 0.05) is 24.8 Å². The van der Waals surface area contributed by atoms with Gasteiger partial charge >= 0.3 is 5.97 Å². The van der Waals surface area contributed by atoms with Crippen LogP contribution < -0.4 is 5.32 Å². The molecule has 0 aromatic heterocycles. The number of aldehydes is 1. The summed E-state index contributed by atoms with van der Waals surface area (Å²) < 4.78 is 5.37. The monoisotopic (exact) mass is 293 g/mol. The van der Waals surface area contributed by atoms with Crippen LogP contribution in [0.4, 0.5) is 0 Å². The maximum Gasteiger partial charge on any atom is 0.309 e. The molecule has 3 aliphatic rings. The van der Waals surface area contributed by atoms with Gasteiger partial charge in [-0.25, -0.2) is 0 Å². The minimum absolute atomic E-state index is 0.00651. The second-order valence-electron chi connectivity index (χ2n) is 6.91. The van der Waals surface area contributed by atoms with E-state index in [-0.39, 0.29) is 41.8 Å². The second-order valence-corrected chi connectivity index (χ2v) is 6.91. The fraction of sp³-hybridized carbons (Fsp3) is 0.812. The normalized spacial score (nSPS) is 45.2. The van der Waals surface area contributed by atoms with E-state index in [0.29, 0.717) is 11.8 Å².